The second-order valence-corrected chi connectivity index (χ2v) is 6.24. The average molecular weight is 327 g/mol. The van der Waals surface area contributed by atoms with E-state index in [1.807, 2.05) is 30.3 Å². The molecule has 0 amide bonds. The van der Waals surface area contributed by atoms with Gasteiger partial charge in [0.25, 0.3) is 0 Å². The monoisotopic (exact) mass is 327 g/mol. The van der Waals surface area contributed by atoms with E-state index in [1.54, 1.807) is 17.4 Å². The number of benzene rings is 2. The molecule has 0 saturated heterocycles. The topological polar surface area (TPSA) is 21.3 Å². The molecule has 3 rings (SSSR count). The van der Waals surface area contributed by atoms with E-state index in [4.69, 9.17) is 4.74 Å². The second kappa shape index (κ2) is 7.90. The Balaban J connectivity index is 1.58. The van der Waals surface area contributed by atoms with Gasteiger partial charge in [-0.25, -0.2) is 4.39 Å². The van der Waals surface area contributed by atoms with Crippen molar-refractivity contribution < 1.29 is 9.13 Å². The van der Waals surface area contributed by atoms with Crippen LogP contribution in [0.1, 0.15) is 16.0 Å². The van der Waals surface area contributed by atoms with Crippen LogP contribution in [0.5, 0.6) is 5.75 Å². The van der Waals surface area contributed by atoms with Gasteiger partial charge in [-0.05, 0) is 35.2 Å². The number of halogens is 1. The number of para-hydroxylation sites is 1. The zero-order chi connectivity index (χ0) is 15.9. The maximum Gasteiger partial charge on any atom is 0.124 e. The minimum absolute atomic E-state index is 0.239. The van der Waals surface area contributed by atoms with Crippen LogP contribution in [0.15, 0.2) is 66.0 Å². The van der Waals surface area contributed by atoms with E-state index < -0.39 is 0 Å². The van der Waals surface area contributed by atoms with Crippen molar-refractivity contribution in [3.8, 4) is 5.75 Å². The maximum absolute atomic E-state index is 13.2. The molecule has 1 aromatic heterocycles. The lowest BCUT2D eigenvalue weighted by Gasteiger charge is -2.12. The zero-order valence-electron chi connectivity index (χ0n) is 12.7. The summed E-state index contributed by atoms with van der Waals surface area (Å²) in [4.78, 5) is 1.31. The lowest BCUT2D eigenvalue weighted by atomic mass is 10.2. The molecule has 0 fully saturated rings. The number of hydrogen-bond acceptors (Lipinski definition) is 3. The summed E-state index contributed by atoms with van der Waals surface area (Å²) in [7, 11) is 0. The molecule has 3 aromatic rings. The van der Waals surface area contributed by atoms with Crippen LogP contribution >= 0.6 is 11.3 Å². The highest BCUT2D eigenvalue weighted by Crippen LogP contribution is 2.20. The quantitative estimate of drug-likeness (QED) is 0.676. The van der Waals surface area contributed by atoms with Crippen molar-refractivity contribution in [3.63, 3.8) is 0 Å². The van der Waals surface area contributed by atoms with Crippen LogP contribution in [0.3, 0.4) is 0 Å². The first-order valence-corrected chi connectivity index (χ1v) is 8.37. The van der Waals surface area contributed by atoms with Gasteiger partial charge in [0, 0.05) is 23.5 Å². The molecule has 1 N–H and O–H groups in total. The van der Waals surface area contributed by atoms with Crippen molar-refractivity contribution in [3.05, 3.63) is 87.9 Å². The molecule has 23 heavy (non-hydrogen) atoms. The Kier molecular flexibility index (Phi) is 5.40. The highest BCUT2D eigenvalue weighted by Gasteiger charge is 2.04. The van der Waals surface area contributed by atoms with Gasteiger partial charge >= 0.3 is 0 Å². The minimum atomic E-state index is -0.239. The summed E-state index contributed by atoms with van der Waals surface area (Å²) in [5, 5.41) is 5.50. The van der Waals surface area contributed by atoms with Crippen molar-refractivity contribution >= 4 is 11.3 Å². The highest BCUT2D eigenvalue weighted by molar-refractivity contribution is 7.09. The molecule has 4 heteroatoms. The average Bonchev–Trinajstić information content (AvgIpc) is 3.07. The van der Waals surface area contributed by atoms with Crippen molar-refractivity contribution in [2.45, 2.75) is 19.7 Å². The summed E-state index contributed by atoms with van der Waals surface area (Å²) in [6.45, 7) is 1.94. The Morgan fingerprint density at radius 3 is 2.70 bits per heavy atom. The Bertz CT molecular complexity index is 743. The standard InChI is InChI=1S/C19H18FNOS/c20-17-7-3-5-15(11-17)14-22-19-9-2-1-6-16(19)12-21-13-18-8-4-10-23-18/h1-11,21H,12-14H2. The van der Waals surface area contributed by atoms with Crippen LogP contribution in [-0.4, -0.2) is 0 Å². The first-order chi connectivity index (χ1) is 11.3. The van der Waals surface area contributed by atoms with Crippen LogP contribution in [-0.2, 0) is 19.7 Å². The molecule has 0 bridgehead atoms. The van der Waals surface area contributed by atoms with Gasteiger partial charge in [-0.15, -0.1) is 11.3 Å². The summed E-state index contributed by atoms with van der Waals surface area (Å²) in [5.74, 6) is 0.590. The molecular weight excluding hydrogens is 309 g/mol. The summed E-state index contributed by atoms with van der Waals surface area (Å²) in [6.07, 6.45) is 0. The molecule has 0 unspecified atom stereocenters. The molecule has 2 aromatic carbocycles. The lowest BCUT2D eigenvalue weighted by molar-refractivity contribution is 0.301. The normalized spacial score (nSPS) is 10.7. The van der Waals surface area contributed by atoms with Gasteiger partial charge < -0.3 is 10.1 Å². The molecule has 0 atom stereocenters. The van der Waals surface area contributed by atoms with Crippen LogP contribution in [0.25, 0.3) is 0 Å². The van der Waals surface area contributed by atoms with Gasteiger partial charge in [-0.3, -0.25) is 0 Å². The summed E-state index contributed by atoms with van der Waals surface area (Å²) >= 11 is 1.74. The molecule has 0 radical (unpaired) electrons. The fourth-order valence-electron chi connectivity index (χ4n) is 2.31. The minimum Gasteiger partial charge on any atom is -0.489 e. The van der Waals surface area contributed by atoms with Crippen LogP contribution in [0, 0.1) is 5.82 Å². The fourth-order valence-corrected chi connectivity index (χ4v) is 2.99. The molecular formula is C19H18FNOS. The van der Waals surface area contributed by atoms with Gasteiger partial charge in [0.15, 0.2) is 0 Å². The van der Waals surface area contributed by atoms with Crippen molar-refractivity contribution in [2.24, 2.45) is 0 Å². The van der Waals surface area contributed by atoms with E-state index in [9.17, 15) is 4.39 Å². The lowest BCUT2D eigenvalue weighted by Crippen LogP contribution is -2.12. The first kappa shape index (κ1) is 15.7. The van der Waals surface area contributed by atoms with Crippen LogP contribution in [0.2, 0.25) is 0 Å². The number of rotatable bonds is 7. The molecule has 0 aliphatic heterocycles. The third-order valence-electron chi connectivity index (χ3n) is 3.45. The fraction of sp³-hybridized carbons (Fsp3) is 0.158. The Hall–Kier alpha value is -2.17. The predicted octanol–water partition coefficient (Wildman–Crippen LogP) is 4.76. The van der Waals surface area contributed by atoms with Crippen molar-refractivity contribution in [1.29, 1.82) is 0 Å². The Morgan fingerprint density at radius 1 is 0.957 bits per heavy atom. The van der Waals surface area contributed by atoms with E-state index in [0.717, 1.165) is 30.0 Å². The van der Waals surface area contributed by atoms with Gasteiger partial charge in [0.2, 0.25) is 0 Å². The van der Waals surface area contributed by atoms with Crippen LogP contribution < -0.4 is 10.1 Å². The van der Waals surface area contributed by atoms with Crippen molar-refractivity contribution in [2.75, 3.05) is 0 Å². The molecule has 118 valence electrons. The largest absolute Gasteiger partial charge is 0.489 e. The molecule has 0 aliphatic rings. The third-order valence-corrected chi connectivity index (χ3v) is 4.33. The van der Waals surface area contributed by atoms with Gasteiger partial charge in [0.1, 0.15) is 18.2 Å². The summed E-state index contributed by atoms with van der Waals surface area (Å²) in [5.41, 5.74) is 1.92. The molecule has 1 heterocycles. The Morgan fingerprint density at radius 2 is 1.87 bits per heavy atom. The van der Waals surface area contributed by atoms with E-state index in [1.165, 1.54) is 17.0 Å². The van der Waals surface area contributed by atoms with Crippen LogP contribution in [0.4, 0.5) is 4.39 Å². The molecule has 0 saturated carbocycles. The van der Waals surface area contributed by atoms with Crippen molar-refractivity contribution in [1.82, 2.24) is 5.32 Å². The zero-order valence-corrected chi connectivity index (χ0v) is 13.5. The molecule has 0 spiro atoms. The smallest absolute Gasteiger partial charge is 0.124 e. The van der Waals surface area contributed by atoms with Gasteiger partial charge in [0.05, 0.1) is 0 Å². The third kappa shape index (κ3) is 4.65. The predicted molar refractivity (Wildman–Crippen MR) is 92.0 cm³/mol. The number of thiophene rings is 1. The van der Waals surface area contributed by atoms with E-state index in [2.05, 4.69) is 22.8 Å². The number of hydrogen-bond donors (Lipinski definition) is 1. The summed E-state index contributed by atoms with van der Waals surface area (Å²) < 4.78 is 19.1. The highest BCUT2D eigenvalue weighted by atomic mass is 32.1. The first-order valence-electron chi connectivity index (χ1n) is 7.49. The summed E-state index contributed by atoms with van der Waals surface area (Å²) in [6, 6.07) is 18.6. The van der Waals surface area contributed by atoms with Gasteiger partial charge in [-0.1, -0.05) is 36.4 Å². The Labute approximate surface area is 139 Å². The SMILES string of the molecule is Fc1cccc(COc2ccccc2CNCc2cccs2)c1. The van der Waals surface area contributed by atoms with E-state index >= 15 is 0 Å². The van der Waals surface area contributed by atoms with Gasteiger partial charge in [-0.2, -0.15) is 0 Å². The maximum atomic E-state index is 13.2. The van der Waals surface area contributed by atoms with E-state index in [0.29, 0.717) is 6.61 Å². The number of nitrogens with one attached hydrogen (secondary N) is 1. The number of ether oxygens (including phenoxy) is 1. The molecule has 0 aliphatic carbocycles. The second-order valence-electron chi connectivity index (χ2n) is 5.21. The molecule has 2 nitrogen and oxygen atoms in total. The van der Waals surface area contributed by atoms with E-state index in [-0.39, 0.29) is 5.82 Å².